The van der Waals surface area contributed by atoms with Crippen molar-refractivity contribution in [3.63, 3.8) is 0 Å². The summed E-state index contributed by atoms with van der Waals surface area (Å²) in [7, 11) is 0. The Morgan fingerprint density at radius 3 is 2.26 bits per heavy atom. The van der Waals surface area contributed by atoms with Gasteiger partial charge in [-0.2, -0.15) is 13.2 Å². The summed E-state index contributed by atoms with van der Waals surface area (Å²) in [6.45, 7) is 3.09. The van der Waals surface area contributed by atoms with Crippen LogP contribution in [-0.2, 0) is 11.2 Å². The van der Waals surface area contributed by atoms with Crippen LogP contribution >= 0.6 is 11.6 Å². The third-order valence-electron chi connectivity index (χ3n) is 6.27. The van der Waals surface area contributed by atoms with Gasteiger partial charge in [-0.1, -0.05) is 29.8 Å². The first-order valence-electron chi connectivity index (χ1n) is 11.3. The summed E-state index contributed by atoms with van der Waals surface area (Å²) in [6, 6.07) is 15.3. The van der Waals surface area contributed by atoms with E-state index >= 15 is 0 Å². The molecule has 0 radical (unpaired) electrons. The molecule has 1 aromatic heterocycles. The normalized spacial score (nSPS) is 22.1. The molecule has 186 valence electrons. The number of rotatable bonds is 4. The second kappa shape index (κ2) is 11.9. The average Bonchev–Trinajstić information content (AvgIpc) is 2.81. The monoisotopic (exact) mass is 499 g/mol. The highest BCUT2D eigenvalue weighted by atomic mass is 35.5. The summed E-state index contributed by atoms with van der Waals surface area (Å²) in [4.78, 5) is 18.4. The molecule has 0 aliphatic carbocycles. The Morgan fingerprint density at radius 2 is 1.71 bits per heavy atom. The molecule has 0 bridgehead atoms. The van der Waals surface area contributed by atoms with E-state index in [0.717, 1.165) is 62.6 Å². The third kappa shape index (κ3) is 7.58. The lowest BCUT2D eigenvalue weighted by molar-refractivity contribution is -0.192. The number of pyridine rings is 1. The van der Waals surface area contributed by atoms with Crippen molar-refractivity contribution in [3.8, 4) is 0 Å². The van der Waals surface area contributed by atoms with Gasteiger partial charge in [0.05, 0.1) is 6.10 Å². The van der Waals surface area contributed by atoms with Gasteiger partial charge in [-0.05, 0) is 61.9 Å². The van der Waals surface area contributed by atoms with Crippen molar-refractivity contribution in [2.24, 2.45) is 0 Å². The zero-order valence-electron chi connectivity index (χ0n) is 18.7. The molecule has 0 spiro atoms. The van der Waals surface area contributed by atoms with Crippen LogP contribution in [-0.4, -0.2) is 70.1 Å². The van der Waals surface area contributed by atoms with Crippen LogP contribution in [0.25, 0.3) is 0 Å². The molecule has 1 aromatic carbocycles. The fourth-order valence-electron chi connectivity index (χ4n) is 4.59. The summed E-state index contributed by atoms with van der Waals surface area (Å²) in [6.07, 6.45) is 1.66. The molecule has 0 unspecified atom stereocenters. The molecule has 4 rings (SSSR count). The number of carbonyl (C=O) groups is 1. The van der Waals surface area contributed by atoms with Crippen LogP contribution in [0.3, 0.4) is 0 Å². The van der Waals surface area contributed by atoms with E-state index in [4.69, 9.17) is 21.5 Å². The maximum absolute atomic E-state index is 10.6. The van der Waals surface area contributed by atoms with E-state index in [1.807, 2.05) is 24.4 Å². The lowest BCUT2D eigenvalue weighted by atomic mass is 9.90. The molecule has 2 atom stereocenters. The maximum Gasteiger partial charge on any atom is 0.490 e. The Kier molecular flexibility index (Phi) is 9.16. The standard InChI is InChI=1S/C22H28ClN3O.C2HF3O2/c23-18-6-4-17(5-7-18)15-20-16-21(27)10-14-26(20)19-8-12-25(13-9-19)22-3-1-2-11-24-22;3-2(4,5)1(6)7/h1-7,11,19-21,27H,8-10,12-16H2;(H,6,7)/t20-,21+;/m0./s1. The fraction of sp³-hybridized carbons (Fsp3) is 0.500. The van der Waals surface area contributed by atoms with Gasteiger partial charge >= 0.3 is 12.1 Å². The van der Waals surface area contributed by atoms with Gasteiger partial charge in [-0.25, -0.2) is 9.78 Å². The number of anilines is 1. The number of likely N-dealkylation sites (tertiary alicyclic amines) is 1. The van der Waals surface area contributed by atoms with E-state index in [1.54, 1.807) is 0 Å². The lowest BCUT2D eigenvalue weighted by Crippen LogP contribution is -2.54. The smallest absolute Gasteiger partial charge is 0.475 e. The van der Waals surface area contributed by atoms with Crippen LogP contribution in [0.4, 0.5) is 19.0 Å². The molecule has 2 aliphatic heterocycles. The van der Waals surface area contributed by atoms with E-state index in [2.05, 4.69) is 39.0 Å². The van der Waals surface area contributed by atoms with Gasteiger partial charge in [0, 0.05) is 42.9 Å². The second-order valence-electron chi connectivity index (χ2n) is 8.61. The van der Waals surface area contributed by atoms with Gasteiger partial charge in [-0.15, -0.1) is 0 Å². The van der Waals surface area contributed by atoms with Gasteiger partial charge < -0.3 is 15.1 Å². The summed E-state index contributed by atoms with van der Waals surface area (Å²) < 4.78 is 31.7. The van der Waals surface area contributed by atoms with E-state index in [9.17, 15) is 18.3 Å². The second-order valence-corrected chi connectivity index (χ2v) is 9.05. The van der Waals surface area contributed by atoms with Crippen molar-refractivity contribution in [1.29, 1.82) is 0 Å². The lowest BCUT2D eigenvalue weighted by Gasteiger charge is -2.46. The number of benzene rings is 1. The van der Waals surface area contributed by atoms with Crippen LogP contribution in [0, 0.1) is 0 Å². The minimum absolute atomic E-state index is 0.174. The Bertz CT molecular complexity index is 907. The van der Waals surface area contributed by atoms with Crippen molar-refractivity contribution in [3.05, 3.63) is 59.2 Å². The number of aliphatic hydroxyl groups is 1. The van der Waals surface area contributed by atoms with Gasteiger partial charge in [0.15, 0.2) is 0 Å². The zero-order valence-corrected chi connectivity index (χ0v) is 19.4. The first-order chi connectivity index (χ1) is 16.1. The summed E-state index contributed by atoms with van der Waals surface area (Å²) in [5.74, 6) is -1.67. The van der Waals surface area contributed by atoms with Crippen LogP contribution in [0.5, 0.6) is 0 Å². The molecule has 2 N–H and O–H groups in total. The number of aliphatic hydroxyl groups excluding tert-OH is 1. The highest BCUT2D eigenvalue weighted by Gasteiger charge is 2.38. The number of carboxylic acid groups (broad SMARTS) is 1. The summed E-state index contributed by atoms with van der Waals surface area (Å²) in [5.41, 5.74) is 1.30. The minimum Gasteiger partial charge on any atom is -0.475 e. The summed E-state index contributed by atoms with van der Waals surface area (Å²) >= 11 is 6.03. The van der Waals surface area contributed by atoms with E-state index in [1.165, 1.54) is 5.56 Å². The maximum atomic E-state index is 10.6. The van der Waals surface area contributed by atoms with Crippen molar-refractivity contribution < 1.29 is 28.2 Å². The minimum atomic E-state index is -5.08. The molecule has 2 aliphatic rings. The molecule has 34 heavy (non-hydrogen) atoms. The molecule has 10 heteroatoms. The number of nitrogens with zero attached hydrogens (tertiary/aromatic N) is 3. The number of alkyl halides is 3. The molecule has 3 heterocycles. The van der Waals surface area contributed by atoms with Crippen LogP contribution in [0.1, 0.15) is 31.2 Å². The first-order valence-corrected chi connectivity index (χ1v) is 11.7. The molecular weight excluding hydrogens is 471 g/mol. The van der Waals surface area contributed by atoms with Crippen molar-refractivity contribution in [2.45, 2.75) is 56.5 Å². The van der Waals surface area contributed by atoms with E-state index in [-0.39, 0.29) is 6.10 Å². The molecule has 6 nitrogen and oxygen atoms in total. The number of aromatic nitrogens is 1. The number of hydrogen-bond donors (Lipinski definition) is 2. The van der Waals surface area contributed by atoms with Crippen molar-refractivity contribution in [2.75, 3.05) is 24.5 Å². The largest absolute Gasteiger partial charge is 0.490 e. The Morgan fingerprint density at radius 1 is 1.06 bits per heavy atom. The van der Waals surface area contributed by atoms with Gasteiger partial charge in [0.1, 0.15) is 5.82 Å². The quantitative estimate of drug-likeness (QED) is 0.649. The molecule has 2 aromatic rings. The molecule has 2 fully saturated rings. The predicted molar refractivity (Wildman–Crippen MR) is 124 cm³/mol. The number of halogens is 4. The Balaban J connectivity index is 0.000000406. The molecule has 0 amide bonds. The number of carboxylic acids is 1. The van der Waals surface area contributed by atoms with Crippen LogP contribution in [0.15, 0.2) is 48.7 Å². The van der Waals surface area contributed by atoms with E-state index < -0.39 is 12.1 Å². The van der Waals surface area contributed by atoms with Gasteiger partial charge in [-0.3, -0.25) is 4.90 Å². The average molecular weight is 500 g/mol. The highest BCUT2D eigenvalue weighted by molar-refractivity contribution is 6.30. The van der Waals surface area contributed by atoms with Crippen LogP contribution in [0.2, 0.25) is 5.02 Å². The Hall–Kier alpha value is -2.36. The Labute approximate surface area is 202 Å². The molecular formula is C24H29ClF3N3O3. The highest BCUT2D eigenvalue weighted by Crippen LogP contribution is 2.29. The van der Waals surface area contributed by atoms with Crippen LogP contribution < -0.4 is 4.90 Å². The third-order valence-corrected chi connectivity index (χ3v) is 6.52. The number of aliphatic carboxylic acids is 1. The molecule has 0 saturated carbocycles. The SMILES string of the molecule is O=C(O)C(F)(F)F.O[C@@H]1CCN(C2CCN(c3ccccn3)CC2)[C@@H](Cc2ccc(Cl)cc2)C1. The fourth-order valence-corrected chi connectivity index (χ4v) is 4.72. The predicted octanol–water partition coefficient (Wildman–Crippen LogP) is 4.41. The zero-order chi connectivity index (χ0) is 24.7. The summed E-state index contributed by atoms with van der Waals surface area (Å²) in [5, 5.41) is 18.1. The first kappa shape index (κ1) is 26.2. The topological polar surface area (TPSA) is 76.9 Å². The van der Waals surface area contributed by atoms with Crippen molar-refractivity contribution in [1.82, 2.24) is 9.88 Å². The van der Waals surface area contributed by atoms with E-state index in [0.29, 0.717) is 12.1 Å². The number of piperidine rings is 2. The van der Waals surface area contributed by atoms with Crippen molar-refractivity contribution >= 4 is 23.4 Å². The molecule has 2 saturated heterocycles. The number of hydrogen-bond acceptors (Lipinski definition) is 5. The van der Waals surface area contributed by atoms with Gasteiger partial charge in [0.2, 0.25) is 0 Å². The van der Waals surface area contributed by atoms with Gasteiger partial charge in [0.25, 0.3) is 0 Å².